The van der Waals surface area contributed by atoms with Crippen LogP contribution in [0.15, 0.2) is 42.5 Å². The van der Waals surface area contributed by atoms with Crippen molar-refractivity contribution in [2.24, 2.45) is 0 Å². The van der Waals surface area contributed by atoms with E-state index in [4.69, 9.17) is 0 Å². The third-order valence-corrected chi connectivity index (χ3v) is 4.01. The van der Waals surface area contributed by atoms with Gasteiger partial charge in [0.1, 0.15) is 6.29 Å². The van der Waals surface area contributed by atoms with Gasteiger partial charge in [0.25, 0.3) is 5.91 Å². The summed E-state index contributed by atoms with van der Waals surface area (Å²) in [4.78, 5) is 27.1. The number of hydrogen-bond acceptors (Lipinski definition) is 4. The molecule has 1 heterocycles. The van der Waals surface area contributed by atoms with Crippen LogP contribution in [0.2, 0.25) is 0 Å². The molecule has 0 aliphatic rings. The first kappa shape index (κ1) is 13.5. The quantitative estimate of drug-likeness (QED) is 0.750. The summed E-state index contributed by atoms with van der Waals surface area (Å²) in [6.07, 6.45) is 0.748. The Balaban J connectivity index is 1.83. The average Bonchev–Trinajstić information content (AvgIpc) is 2.88. The van der Waals surface area contributed by atoms with Crippen LogP contribution in [0.4, 0.5) is 5.13 Å². The van der Waals surface area contributed by atoms with Crippen LogP contribution in [-0.4, -0.2) is 17.2 Å². The van der Waals surface area contributed by atoms with Crippen LogP contribution in [0.5, 0.6) is 0 Å². The van der Waals surface area contributed by atoms with Crippen LogP contribution in [0.1, 0.15) is 26.3 Å². The van der Waals surface area contributed by atoms with E-state index in [1.807, 2.05) is 25.1 Å². The molecule has 0 atom stereocenters. The molecule has 0 saturated carbocycles. The second-order valence-electron chi connectivity index (χ2n) is 4.68. The summed E-state index contributed by atoms with van der Waals surface area (Å²) in [5, 5.41) is 3.35. The van der Waals surface area contributed by atoms with Crippen LogP contribution in [0, 0.1) is 6.92 Å². The fraction of sp³-hybridized carbons (Fsp3) is 0.0625. The van der Waals surface area contributed by atoms with Crippen molar-refractivity contribution < 1.29 is 9.59 Å². The Morgan fingerprint density at radius 3 is 2.67 bits per heavy atom. The highest BCUT2D eigenvalue weighted by Crippen LogP contribution is 2.26. The minimum atomic E-state index is -0.233. The number of nitrogens with one attached hydrogen (secondary N) is 1. The Bertz CT molecular complexity index is 822. The molecule has 0 spiro atoms. The van der Waals surface area contributed by atoms with Gasteiger partial charge in [0.05, 0.1) is 10.2 Å². The van der Waals surface area contributed by atoms with Crippen molar-refractivity contribution in [3.8, 4) is 0 Å². The summed E-state index contributed by atoms with van der Waals surface area (Å²) < 4.78 is 1.04. The Hall–Kier alpha value is -2.53. The number of hydrogen-bond donors (Lipinski definition) is 1. The van der Waals surface area contributed by atoms with Gasteiger partial charge >= 0.3 is 0 Å². The number of rotatable bonds is 3. The number of thiazole rings is 1. The van der Waals surface area contributed by atoms with Gasteiger partial charge in [-0.15, -0.1) is 0 Å². The number of fused-ring (bicyclic) bond motifs is 1. The number of benzene rings is 2. The number of amides is 1. The van der Waals surface area contributed by atoms with Crippen LogP contribution >= 0.6 is 11.3 Å². The molecule has 5 heteroatoms. The van der Waals surface area contributed by atoms with E-state index in [0.29, 0.717) is 16.3 Å². The number of aryl methyl sites for hydroxylation is 1. The van der Waals surface area contributed by atoms with Gasteiger partial charge in [-0.25, -0.2) is 4.98 Å². The van der Waals surface area contributed by atoms with Gasteiger partial charge in [0, 0.05) is 11.1 Å². The molecular formula is C16H12N2O2S. The zero-order chi connectivity index (χ0) is 14.8. The number of nitrogens with zero attached hydrogens (tertiary/aromatic N) is 1. The molecule has 1 amide bonds. The first-order valence-electron chi connectivity index (χ1n) is 6.39. The van der Waals surface area contributed by atoms with Gasteiger partial charge in [0.2, 0.25) is 0 Å². The van der Waals surface area contributed by atoms with Crippen molar-refractivity contribution in [1.82, 2.24) is 4.98 Å². The molecule has 0 aliphatic carbocycles. The highest BCUT2D eigenvalue weighted by Gasteiger charge is 2.10. The van der Waals surface area contributed by atoms with E-state index in [1.54, 1.807) is 24.3 Å². The highest BCUT2D eigenvalue weighted by molar-refractivity contribution is 7.22. The number of anilines is 1. The fourth-order valence-corrected chi connectivity index (χ4v) is 2.93. The second kappa shape index (κ2) is 5.46. The fourth-order valence-electron chi connectivity index (χ4n) is 1.97. The predicted octanol–water partition coefficient (Wildman–Crippen LogP) is 3.67. The number of aromatic nitrogens is 1. The van der Waals surface area contributed by atoms with Gasteiger partial charge in [-0.05, 0) is 36.8 Å². The normalized spacial score (nSPS) is 10.5. The molecule has 0 bridgehead atoms. The smallest absolute Gasteiger partial charge is 0.257 e. The summed E-state index contributed by atoms with van der Waals surface area (Å²) in [6.45, 7) is 2.02. The first-order valence-corrected chi connectivity index (χ1v) is 7.21. The maximum atomic E-state index is 12.1. The van der Waals surface area contributed by atoms with Crippen molar-refractivity contribution >= 4 is 38.9 Å². The van der Waals surface area contributed by atoms with Crippen molar-refractivity contribution in [2.45, 2.75) is 6.92 Å². The lowest BCUT2D eigenvalue weighted by Crippen LogP contribution is -2.11. The molecule has 4 nitrogen and oxygen atoms in total. The Labute approximate surface area is 125 Å². The molecule has 0 radical (unpaired) electrons. The second-order valence-corrected chi connectivity index (χ2v) is 5.71. The Kier molecular flexibility index (Phi) is 3.50. The number of carbonyl (C=O) groups excluding carboxylic acids is 2. The van der Waals surface area contributed by atoms with Crippen molar-refractivity contribution in [2.75, 3.05) is 5.32 Å². The summed E-state index contributed by atoms with van der Waals surface area (Å²) in [6, 6.07) is 12.4. The molecule has 0 unspecified atom stereocenters. The Morgan fingerprint density at radius 1 is 1.19 bits per heavy atom. The first-order chi connectivity index (χ1) is 10.2. The van der Waals surface area contributed by atoms with E-state index in [1.165, 1.54) is 11.3 Å². The topological polar surface area (TPSA) is 59.1 Å². The molecule has 21 heavy (non-hydrogen) atoms. The van der Waals surface area contributed by atoms with Gasteiger partial charge in [-0.3, -0.25) is 14.9 Å². The van der Waals surface area contributed by atoms with E-state index >= 15 is 0 Å². The lowest BCUT2D eigenvalue weighted by Gasteiger charge is -2.01. The van der Waals surface area contributed by atoms with E-state index < -0.39 is 0 Å². The van der Waals surface area contributed by atoms with E-state index in [9.17, 15) is 9.59 Å². The number of carbonyl (C=O) groups is 2. The molecule has 3 rings (SSSR count). The molecule has 104 valence electrons. The van der Waals surface area contributed by atoms with Crippen LogP contribution in [0.3, 0.4) is 0 Å². The standard InChI is InChI=1S/C16H12N2O2S/c1-10-2-7-13-14(8-10)21-16(17-13)18-15(20)12-5-3-11(9-19)4-6-12/h2-9H,1H3,(H,17,18,20). The SMILES string of the molecule is Cc1ccc2nc(NC(=O)c3ccc(C=O)cc3)sc2c1. The van der Waals surface area contributed by atoms with Crippen molar-refractivity contribution in [1.29, 1.82) is 0 Å². The third kappa shape index (κ3) is 2.83. The summed E-state index contributed by atoms with van der Waals surface area (Å²) in [5.41, 5.74) is 3.07. The molecule has 0 fully saturated rings. The molecule has 2 aromatic carbocycles. The maximum Gasteiger partial charge on any atom is 0.257 e. The summed E-state index contributed by atoms with van der Waals surface area (Å²) in [7, 11) is 0. The lowest BCUT2D eigenvalue weighted by atomic mass is 10.1. The van der Waals surface area contributed by atoms with Gasteiger partial charge in [-0.1, -0.05) is 29.5 Å². The summed E-state index contributed by atoms with van der Waals surface area (Å²) in [5.74, 6) is -0.233. The third-order valence-electron chi connectivity index (χ3n) is 3.07. The zero-order valence-corrected chi connectivity index (χ0v) is 12.1. The van der Waals surface area contributed by atoms with Crippen LogP contribution in [-0.2, 0) is 0 Å². The van der Waals surface area contributed by atoms with Crippen LogP contribution < -0.4 is 5.32 Å². The number of aldehydes is 1. The largest absolute Gasteiger partial charge is 0.298 e. The van der Waals surface area contributed by atoms with Gasteiger partial charge in [0.15, 0.2) is 5.13 Å². The molecule has 0 saturated heterocycles. The summed E-state index contributed by atoms with van der Waals surface area (Å²) >= 11 is 1.44. The van der Waals surface area contributed by atoms with Crippen molar-refractivity contribution in [3.05, 3.63) is 59.2 Å². The molecule has 1 aromatic heterocycles. The van der Waals surface area contributed by atoms with E-state index in [0.717, 1.165) is 22.1 Å². The molecular weight excluding hydrogens is 284 g/mol. The van der Waals surface area contributed by atoms with Gasteiger partial charge in [-0.2, -0.15) is 0 Å². The van der Waals surface area contributed by atoms with E-state index in [2.05, 4.69) is 10.3 Å². The minimum absolute atomic E-state index is 0.233. The highest BCUT2D eigenvalue weighted by atomic mass is 32.1. The molecule has 0 aliphatic heterocycles. The van der Waals surface area contributed by atoms with Gasteiger partial charge < -0.3 is 0 Å². The monoisotopic (exact) mass is 296 g/mol. The average molecular weight is 296 g/mol. The maximum absolute atomic E-state index is 12.1. The molecule has 3 aromatic rings. The lowest BCUT2D eigenvalue weighted by molar-refractivity contribution is 0.102. The van der Waals surface area contributed by atoms with E-state index in [-0.39, 0.29) is 5.91 Å². The molecule has 1 N–H and O–H groups in total. The van der Waals surface area contributed by atoms with Crippen molar-refractivity contribution in [3.63, 3.8) is 0 Å². The van der Waals surface area contributed by atoms with Crippen LogP contribution in [0.25, 0.3) is 10.2 Å². The Morgan fingerprint density at radius 2 is 1.95 bits per heavy atom. The predicted molar refractivity (Wildman–Crippen MR) is 84.1 cm³/mol. The minimum Gasteiger partial charge on any atom is -0.298 e. The zero-order valence-electron chi connectivity index (χ0n) is 11.3.